The summed E-state index contributed by atoms with van der Waals surface area (Å²) in [5.74, 6) is 0.838. The van der Waals surface area contributed by atoms with Crippen LogP contribution in [-0.2, 0) is 6.42 Å². The molecule has 148 valence electrons. The van der Waals surface area contributed by atoms with E-state index >= 15 is 0 Å². The predicted octanol–water partition coefficient (Wildman–Crippen LogP) is 4.29. The van der Waals surface area contributed by atoms with Crippen molar-refractivity contribution in [2.24, 2.45) is 0 Å². The molecule has 0 fully saturated rings. The Kier molecular flexibility index (Phi) is 5.70. The summed E-state index contributed by atoms with van der Waals surface area (Å²) in [6, 6.07) is 16.7. The molecular formula is C23H26N6. The van der Waals surface area contributed by atoms with Crippen LogP contribution in [0.3, 0.4) is 0 Å². The molecule has 0 radical (unpaired) electrons. The molecule has 4 aromatic rings. The summed E-state index contributed by atoms with van der Waals surface area (Å²) in [5.41, 5.74) is 5.43. The molecule has 0 saturated heterocycles. The van der Waals surface area contributed by atoms with E-state index in [-0.39, 0.29) is 0 Å². The van der Waals surface area contributed by atoms with Crippen molar-refractivity contribution in [2.75, 3.05) is 29.9 Å². The van der Waals surface area contributed by atoms with Crippen LogP contribution in [0.4, 0.5) is 11.5 Å². The van der Waals surface area contributed by atoms with E-state index in [4.69, 9.17) is 5.10 Å². The van der Waals surface area contributed by atoms with Crippen LogP contribution in [-0.4, -0.2) is 39.2 Å². The average molecular weight is 387 g/mol. The van der Waals surface area contributed by atoms with Crippen molar-refractivity contribution in [2.45, 2.75) is 20.3 Å². The Morgan fingerprint density at radius 3 is 2.41 bits per heavy atom. The number of pyridine rings is 1. The Morgan fingerprint density at radius 2 is 1.69 bits per heavy atom. The maximum atomic E-state index is 4.72. The minimum atomic E-state index is 0.822. The van der Waals surface area contributed by atoms with Crippen LogP contribution in [0.1, 0.15) is 19.4 Å². The third kappa shape index (κ3) is 4.21. The largest absolute Gasteiger partial charge is 0.372 e. The molecule has 6 heteroatoms. The summed E-state index contributed by atoms with van der Waals surface area (Å²) in [5, 5.41) is 8.15. The quantitative estimate of drug-likeness (QED) is 0.489. The lowest BCUT2D eigenvalue weighted by Gasteiger charge is -2.21. The lowest BCUT2D eigenvalue weighted by atomic mass is 10.1. The van der Waals surface area contributed by atoms with Gasteiger partial charge in [-0.25, -0.2) is 9.50 Å². The van der Waals surface area contributed by atoms with Gasteiger partial charge in [-0.2, -0.15) is 0 Å². The lowest BCUT2D eigenvalue weighted by Crippen LogP contribution is -2.21. The highest BCUT2D eigenvalue weighted by Gasteiger charge is 2.08. The summed E-state index contributed by atoms with van der Waals surface area (Å²) in [6.45, 7) is 7.25. The van der Waals surface area contributed by atoms with E-state index in [9.17, 15) is 0 Å². The van der Waals surface area contributed by atoms with Crippen LogP contribution < -0.4 is 10.2 Å². The van der Waals surface area contributed by atoms with Crippen LogP contribution in [0.15, 0.2) is 67.1 Å². The molecule has 1 N–H and O–H groups in total. The standard InChI is InChI=1S/C23H26N6/c1-3-28(4-2)20-7-5-18(6-8-20)11-16-25-22-9-10-23-26-17-21(29(23)27-22)19-12-14-24-15-13-19/h5-10,12-15,17H,3-4,11,16H2,1-2H3,(H,25,27). The molecule has 0 aliphatic rings. The fraction of sp³-hybridized carbons (Fsp3) is 0.261. The molecule has 1 aromatic carbocycles. The summed E-state index contributed by atoms with van der Waals surface area (Å²) >= 11 is 0. The first-order chi connectivity index (χ1) is 14.3. The van der Waals surface area contributed by atoms with E-state index in [2.05, 4.69) is 58.3 Å². The molecule has 0 saturated carbocycles. The summed E-state index contributed by atoms with van der Waals surface area (Å²) in [4.78, 5) is 10.9. The van der Waals surface area contributed by atoms with Gasteiger partial charge in [0, 0.05) is 43.3 Å². The van der Waals surface area contributed by atoms with Crippen LogP contribution in [0.5, 0.6) is 0 Å². The number of anilines is 2. The predicted molar refractivity (Wildman–Crippen MR) is 118 cm³/mol. The van der Waals surface area contributed by atoms with Gasteiger partial charge in [0.25, 0.3) is 0 Å². The molecule has 3 heterocycles. The fourth-order valence-electron chi connectivity index (χ4n) is 3.48. The van der Waals surface area contributed by atoms with Gasteiger partial charge in [-0.3, -0.25) is 4.98 Å². The van der Waals surface area contributed by atoms with Crippen molar-refractivity contribution < 1.29 is 0 Å². The van der Waals surface area contributed by atoms with E-state index < -0.39 is 0 Å². The smallest absolute Gasteiger partial charge is 0.154 e. The second-order valence-corrected chi connectivity index (χ2v) is 6.88. The highest BCUT2D eigenvalue weighted by Crippen LogP contribution is 2.20. The summed E-state index contributed by atoms with van der Waals surface area (Å²) in [7, 11) is 0. The van der Waals surface area contributed by atoms with E-state index in [0.717, 1.165) is 48.8 Å². The van der Waals surface area contributed by atoms with Gasteiger partial charge in [-0.15, -0.1) is 5.10 Å². The number of hydrogen-bond donors (Lipinski definition) is 1. The Balaban J connectivity index is 1.42. The lowest BCUT2D eigenvalue weighted by molar-refractivity contribution is 0.865. The number of benzene rings is 1. The average Bonchev–Trinajstić information content (AvgIpc) is 3.20. The zero-order valence-corrected chi connectivity index (χ0v) is 16.9. The Morgan fingerprint density at radius 1 is 0.931 bits per heavy atom. The van der Waals surface area contributed by atoms with E-state index in [1.54, 1.807) is 12.4 Å². The van der Waals surface area contributed by atoms with Crippen LogP contribution in [0.25, 0.3) is 16.9 Å². The van der Waals surface area contributed by atoms with Gasteiger partial charge >= 0.3 is 0 Å². The third-order valence-electron chi connectivity index (χ3n) is 5.12. The van der Waals surface area contributed by atoms with E-state index in [1.165, 1.54) is 11.3 Å². The molecule has 0 aliphatic carbocycles. The first-order valence-electron chi connectivity index (χ1n) is 10.1. The molecule has 4 rings (SSSR count). The number of aromatic nitrogens is 4. The molecule has 29 heavy (non-hydrogen) atoms. The van der Waals surface area contributed by atoms with E-state index in [0.29, 0.717) is 0 Å². The first kappa shape index (κ1) is 18.9. The zero-order chi connectivity index (χ0) is 20.1. The Hall–Kier alpha value is -3.41. The molecule has 0 amide bonds. The van der Waals surface area contributed by atoms with Gasteiger partial charge in [0.2, 0.25) is 0 Å². The van der Waals surface area contributed by atoms with Crippen molar-refractivity contribution in [3.63, 3.8) is 0 Å². The molecule has 6 nitrogen and oxygen atoms in total. The second kappa shape index (κ2) is 8.73. The topological polar surface area (TPSA) is 58.3 Å². The SMILES string of the molecule is CCN(CC)c1ccc(CCNc2ccc3ncc(-c4ccncc4)n3n2)cc1. The van der Waals surface area contributed by atoms with E-state index in [1.807, 2.05) is 35.0 Å². The van der Waals surface area contributed by atoms with Gasteiger partial charge in [0.05, 0.1) is 11.9 Å². The normalized spacial score (nSPS) is 11.0. The summed E-state index contributed by atoms with van der Waals surface area (Å²) < 4.78 is 1.87. The number of nitrogens with one attached hydrogen (secondary N) is 1. The minimum Gasteiger partial charge on any atom is -0.372 e. The first-order valence-corrected chi connectivity index (χ1v) is 10.1. The van der Waals surface area contributed by atoms with Gasteiger partial charge in [0.15, 0.2) is 5.65 Å². The third-order valence-corrected chi connectivity index (χ3v) is 5.12. The fourth-order valence-corrected chi connectivity index (χ4v) is 3.48. The molecule has 0 aliphatic heterocycles. The highest BCUT2D eigenvalue weighted by molar-refractivity contribution is 5.63. The van der Waals surface area contributed by atoms with Gasteiger partial charge < -0.3 is 10.2 Å². The highest BCUT2D eigenvalue weighted by atomic mass is 15.3. The van der Waals surface area contributed by atoms with Crippen LogP contribution in [0.2, 0.25) is 0 Å². The Labute approximate surface area is 171 Å². The molecule has 0 atom stereocenters. The second-order valence-electron chi connectivity index (χ2n) is 6.88. The minimum absolute atomic E-state index is 0.822. The Bertz CT molecular complexity index is 1050. The van der Waals surface area contributed by atoms with Crippen molar-refractivity contribution in [1.82, 2.24) is 19.6 Å². The van der Waals surface area contributed by atoms with Gasteiger partial charge in [0.1, 0.15) is 5.82 Å². The monoisotopic (exact) mass is 386 g/mol. The van der Waals surface area contributed by atoms with Gasteiger partial charge in [-0.05, 0) is 62.2 Å². The van der Waals surface area contributed by atoms with Crippen LogP contribution in [0, 0.1) is 0 Å². The van der Waals surface area contributed by atoms with Crippen molar-refractivity contribution in [3.8, 4) is 11.3 Å². The zero-order valence-electron chi connectivity index (χ0n) is 16.9. The molecule has 0 bridgehead atoms. The number of imidazole rings is 1. The molecule has 0 unspecified atom stereocenters. The van der Waals surface area contributed by atoms with Crippen molar-refractivity contribution in [1.29, 1.82) is 0 Å². The van der Waals surface area contributed by atoms with Crippen LogP contribution >= 0.6 is 0 Å². The number of nitrogens with zero attached hydrogens (tertiary/aromatic N) is 5. The number of hydrogen-bond acceptors (Lipinski definition) is 5. The molecule has 0 spiro atoms. The molecular weight excluding hydrogens is 360 g/mol. The summed E-state index contributed by atoms with van der Waals surface area (Å²) in [6.07, 6.45) is 6.35. The number of rotatable bonds is 8. The maximum absolute atomic E-state index is 4.72. The van der Waals surface area contributed by atoms with Gasteiger partial charge in [-0.1, -0.05) is 12.1 Å². The molecule has 3 aromatic heterocycles. The maximum Gasteiger partial charge on any atom is 0.154 e. The van der Waals surface area contributed by atoms with Crippen molar-refractivity contribution in [3.05, 3.63) is 72.7 Å². The van der Waals surface area contributed by atoms with Crippen molar-refractivity contribution >= 4 is 17.2 Å². The number of fused-ring (bicyclic) bond motifs is 1.